The molecule has 174 valence electrons. The summed E-state index contributed by atoms with van der Waals surface area (Å²) in [6.07, 6.45) is 0.590. The van der Waals surface area contributed by atoms with E-state index in [1.54, 1.807) is 18.7 Å². The van der Waals surface area contributed by atoms with Gasteiger partial charge in [-0.2, -0.15) is 0 Å². The molecule has 3 fully saturated rings. The van der Waals surface area contributed by atoms with Crippen molar-refractivity contribution in [2.45, 2.75) is 34.2 Å². The molecular weight excluding hydrogens is 508 g/mol. The van der Waals surface area contributed by atoms with Crippen molar-refractivity contribution in [3.8, 4) is 0 Å². The third-order valence-electron chi connectivity index (χ3n) is 6.95. The molecule has 3 saturated heterocycles. The normalized spacial score (nSPS) is 32.3. The van der Waals surface area contributed by atoms with Crippen molar-refractivity contribution >= 4 is 61.9 Å². The summed E-state index contributed by atoms with van der Waals surface area (Å²) in [5.41, 5.74) is 0.643. The molecule has 7 nitrogen and oxygen atoms in total. The number of alkyl halides is 1. The first-order chi connectivity index (χ1) is 15.9. The second-order valence-corrected chi connectivity index (χ2v) is 11.4. The number of nitrogens with one attached hydrogen (secondary N) is 1. The highest BCUT2D eigenvalue weighted by Crippen LogP contribution is 2.67. The largest absolute Gasteiger partial charge is 0.466 e. The molecule has 1 spiro atoms. The number of aliphatic hydroxyl groups is 1. The van der Waals surface area contributed by atoms with E-state index in [0.717, 1.165) is 10.8 Å². The van der Waals surface area contributed by atoms with Crippen LogP contribution < -0.4 is 5.32 Å². The van der Waals surface area contributed by atoms with Gasteiger partial charge in [-0.15, -0.1) is 11.8 Å². The Morgan fingerprint density at radius 2 is 2.03 bits per heavy atom. The molecule has 2 bridgehead atoms. The van der Waals surface area contributed by atoms with E-state index in [-0.39, 0.29) is 47.6 Å². The number of halogens is 1. The zero-order valence-corrected chi connectivity index (χ0v) is 20.5. The lowest BCUT2D eigenvalue weighted by Gasteiger charge is -2.35. The Kier molecular flexibility index (Phi) is 5.91. The summed E-state index contributed by atoms with van der Waals surface area (Å²) in [7, 11) is 0. The predicted octanol–water partition coefficient (Wildman–Crippen LogP) is 2.80. The van der Waals surface area contributed by atoms with Gasteiger partial charge in [-0.25, -0.2) is 0 Å². The van der Waals surface area contributed by atoms with Crippen LogP contribution in [0.1, 0.15) is 13.3 Å². The summed E-state index contributed by atoms with van der Waals surface area (Å²) < 4.78 is 4.57. The summed E-state index contributed by atoms with van der Waals surface area (Å²) in [4.78, 5) is 41.5. The summed E-state index contributed by atoms with van der Waals surface area (Å²) >= 11 is 5.25. The Morgan fingerprint density at radius 3 is 2.76 bits per heavy atom. The number of anilines is 1. The van der Waals surface area contributed by atoms with Crippen molar-refractivity contribution in [3.05, 3.63) is 42.5 Å². The van der Waals surface area contributed by atoms with E-state index >= 15 is 0 Å². The topological polar surface area (TPSA) is 95.9 Å². The van der Waals surface area contributed by atoms with Crippen molar-refractivity contribution in [1.82, 2.24) is 4.90 Å². The van der Waals surface area contributed by atoms with E-state index in [1.807, 2.05) is 42.5 Å². The highest BCUT2D eigenvalue weighted by Gasteiger charge is 2.75. The van der Waals surface area contributed by atoms with Crippen LogP contribution in [-0.4, -0.2) is 68.4 Å². The lowest BCUT2D eigenvalue weighted by Crippen LogP contribution is -2.52. The molecule has 2 amide bonds. The van der Waals surface area contributed by atoms with Crippen molar-refractivity contribution in [1.29, 1.82) is 0 Å². The van der Waals surface area contributed by atoms with Crippen molar-refractivity contribution in [2.24, 2.45) is 11.8 Å². The first-order valence-electron chi connectivity index (χ1n) is 11.1. The molecule has 3 aliphatic heterocycles. The molecule has 6 atom stereocenters. The Hall–Kier alpha value is -2.10. The maximum atomic E-state index is 13.7. The van der Waals surface area contributed by atoms with Crippen LogP contribution in [0.5, 0.6) is 0 Å². The van der Waals surface area contributed by atoms with E-state index in [2.05, 4.69) is 21.2 Å². The Labute approximate surface area is 204 Å². The standard InChI is InChI=1S/C24H25BrN2O5S/c1-2-32-23(31)17-18-22(30)27(9-10-28)20(24(18)12-16(25)19(17)33-24)21(29)26-15-8-7-13-5-3-4-6-14(13)11-15/h3-8,11,16-20,28H,2,9-10,12H2,1H3,(H,26,29)/t16?,17-,18-,19-,20?,24?/m0/s1. The molecule has 2 N–H and O–H groups in total. The fraction of sp³-hybridized carbons (Fsp3) is 0.458. The van der Waals surface area contributed by atoms with E-state index in [9.17, 15) is 19.5 Å². The van der Waals surface area contributed by atoms with Crippen molar-refractivity contribution in [3.63, 3.8) is 0 Å². The molecule has 2 aromatic carbocycles. The number of amides is 2. The highest BCUT2D eigenvalue weighted by molar-refractivity contribution is 9.09. The molecule has 3 aliphatic rings. The molecule has 0 aliphatic carbocycles. The molecule has 33 heavy (non-hydrogen) atoms. The first-order valence-corrected chi connectivity index (χ1v) is 12.9. The average Bonchev–Trinajstić information content (AvgIpc) is 3.38. The quantitative estimate of drug-likeness (QED) is 0.438. The van der Waals surface area contributed by atoms with Crippen LogP contribution in [0.2, 0.25) is 0 Å². The third-order valence-corrected chi connectivity index (χ3v) is 10.2. The van der Waals surface area contributed by atoms with E-state index in [4.69, 9.17) is 4.74 Å². The van der Waals surface area contributed by atoms with Gasteiger partial charge in [0.25, 0.3) is 0 Å². The number of β-amino-alcohol motifs (C(OH)–C–C–N with tert-alkyl or cyclic N) is 1. The van der Waals surface area contributed by atoms with Gasteiger partial charge in [0.1, 0.15) is 6.04 Å². The van der Waals surface area contributed by atoms with E-state index < -0.39 is 22.6 Å². The van der Waals surface area contributed by atoms with Gasteiger partial charge >= 0.3 is 5.97 Å². The van der Waals surface area contributed by atoms with E-state index in [1.165, 1.54) is 4.90 Å². The number of hydrogen-bond acceptors (Lipinski definition) is 6. The van der Waals surface area contributed by atoms with Gasteiger partial charge in [0.2, 0.25) is 11.8 Å². The molecule has 0 radical (unpaired) electrons. The van der Waals surface area contributed by atoms with Gasteiger partial charge in [-0.1, -0.05) is 46.3 Å². The van der Waals surface area contributed by atoms with Crippen LogP contribution in [0.25, 0.3) is 10.8 Å². The molecular formula is C24H25BrN2O5S. The number of aliphatic hydroxyl groups excluding tert-OH is 1. The van der Waals surface area contributed by atoms with Gasteiger partial charge in [0.15, 0.2) is 0 Å². The van der Waals surface area contributed by atoms with Crippen LogP contribution in [0.4, 0.5) is 5.69 Å². The lowest BCUT2D eigenvalue weighted by molar-refractivity contribution is -0.153. The summed E-state index contributed by atoms with van der Waals surface area (Å²) in [6.45, 7) is 1.76. The molecule has 9 heteroatoms. The van der Waals surface area contributed by atoms with E-state index in [0.29, 0.717) is 12.1 Å². The smallest absolute Gasteiger partial charge is 0.310 e. The molecule has 3 unspecified atom stereocenters. The van der Waals surface area contributed by atoms with Gasteiger partial charge in [-0.05, 0) is 36.2 Å². The van der Waals surface area contributed by atoms with Crippen LogP contribution in [0.15, 0.2) is 42.5 Å². The fourth-order valence-electron chi connectivity index (χ4n) is 5.76. The minimum absolute atomic E-state index is 0.00833. The number of hydrogen-bond donors (Lipinski definition) is 2. The number of nitrogens with zero attached hydrogens (tertiary/aromatic N) is 1. The number of esters is 1. The zero-order chi connectivity index (χ0) is 23.3. The average molecular weight is 533 g/mol. The number of benzene rings is 2. The Morgan fingerprint density at radius 1 is 1.27 bits per heavy atom. The van der Waals surface area contributed by atoms with Crippen LogP contribution in [-0.2, 0) is 19.1 Å². The van der Waals surface area contributed by atoms with Crippen molar-refractivity contribution < 1.29 is 24.2 Å². The second kappa shape index (κ2) is 8.60. The number of carbonyl (C=O) groups excluding carboxylic acids is 3. The Balaban J connectivity index is 1.50. The van der Waals surface area contributed by atoms with Crippen LogP contribution >= 0.6 is 27.7 Å². The van der Waals surface area contributed by atoms with Crippen LogP contribution in [0.3, 0.4) is 0 Å². The van der Waals surface area contributed by atoms with Crippen molar-refractivity contribution in [2.75, 3.05) is 25.1 Å². The number of likely N-dealkylation sites (tertiary alicyclic amines) is 1. The molecule has 0 saturated carbocycles. The summed E-state index contributed by atoms with van der Waals surface area (Å²) in [5.74, 6) is -2.19. The van der Waals surface area contributed by atoms with Gasteiger partial charge in [0.05, 0.1) is 29.8 Å². The number of thioether (sulfide) groups is 1. The second-order valence-electron chi connectivity index (χ2n) is 8.72. The number of fused-ring (bicyclic) bond motifs is 2. The number of carbonyl (C=O) groups is 3. The molecule has 5 rings (SSSR count). The highest BCUT2D eigenvalue weighted by atomic mass is 79.9. The van der Waals surface area contributed by atoms with Gasteiger partial charge < -0.3 is 20.1 Å². The van der Waals surface area contributed by atoms with Crippen LogP contribution in [0, 0.1) is 11.8 Å². The molecule has 2 aromatic rings. The number of ether oxygens (including phenoxy) is 1. The first kappa shape index (κ1) is 22.7. The maximum absolute atomic E-state index is 13.7. The van der Waals surface area contributed by atoms with Gasteiger partial charge in [0, 0.05) is 22.3 Å². The Bertz CT molecular complexity index is 1130. The maximum Gasteiger partial charge on any atom is 0.310 e. The monoisotopic (exact) mass is 532 g/mol. The molecule has 0 aromatic heterocycles. The summed E-state index contributed by atoms with van der Waals surface area (Å²) in [5, 5.41) is 14.6. The lowest BCUT2D eigenvalue weighted by atomic mass is 9.71. The predicted molar refractivity (Wildman–Crippen MR) is 130 cm³/mol. The summed E-state index contributed by atoms with van der Waals surface area (Å²) in [6, 6.07) is 12.8. The third kappa shape index (κ3) is 3.47. The minimum atomic E-state index is -0.789. The number of rotatable bonds is 6. The molecule has 3 heterocycles. The fourth-order valence-corrected chi connectivity index (χ4v) is 9.36. The zero-order valence-electron chi connectivity index (χ0n) is 18.1. The van der Waals surface area contributed by atoms with Gasteiger partial charge in [-0.3, -0.25) is 14.4 Å². The SMILES string of the molecule is CCOC(=O)[C@H]1[C@H]2C(=O)N(CCO)C(C(=O)Nc3ccc4ccccc4c3)C23CC(Br)[C@@H]1S3. The minimum Gasteiger partial charge on any atom is -0.466 e.